The van der Waals surface area contributed by atoms with Crippen LogP contribution in [-0.2, 0) is 10.8 Å². The molecule has 1 aromatic carbocycles. The van der Waals surface area contributed by atoms with Gasteiger partial charge in [0.25, 0.3) is 0 Å². The predicted molar refractivity (Wildman–Crippen MR) is 87.9 cm³/mol. The number of fused-ring (bicyclic) bond motifs is 1. The fraction of sp³-hybridized carbons (Fsp3) is 0.647. The lowest BCUT2D eigenvalue weighted by molar-refractivity contribution is 0.331. The SMILES string of the molecule is CC.Cc1cc2c(cc1SN)C(C)(C)CCC2(C)C. The quantitative estimate of drug-likeness (QED) is 0.703. The van der Waals surface area contributed by atoms with Gasteiger partial charge < -0.3 is 0 Å². The molecule has 0 heterocycles. The summed E-state index contributed by atoms with van der Waals surface area (Å²) in [5, 5.41) is 5.76. The van der Waals surface area contributed by atoms with Crippen molar-refractivity contribution in [3.63, 3.8) is 0 Å². The van der Waals surface area contributed by atoms with Crippen LogP contribution in [0.15, 0.2) is 17.0 Å². The van der Waals surface area contributed by atoms with Crippen molar-refractivity contribution < 1.29 is 0 Å². The molecular weight excluding hydrogens is 250 g/mol. The Balaban J connectivity index is 0.000000861. The van der Waals surface area contributed by atoms with Gasteiger partial charge in [-0.15, -0.1) is 0 Å². The third-order valence-corrected chi connectivity index (χ3v) is 4.97. The first-order chi connectivity index (χ1) is 8.78. The Morgan fingerprint density at radius 2 is 1.37 bits per heavy atom. The summed E-state index contributed by atoms with van der Waals surface area (Å²) in [6, 6.07) is 4.67. The average molecular weight is 279 g/mol. The zero-order valence-electron chi connectivity index (χ0n) is 13.6. The molecule has 19 heavy (non-hydrogen) atoms. The summed E-state index contributed by atoms with van der Waals surface area (Å²) < 4.78 is 0. The van der Waals surface area contributed by atoms with E-state index in [2.05, 4.69) is 46.8 Å². The van der Waals surface area contributed by atoms with Gasteiger partial charge in [0, 0.05) is 4.90 Å². The Labute approximate surface area is 123 Å². The minimum Gasteiger partial charge on any atom is -0.274 e. The van der Waals surface area contributed by atoms with Crippen molar-refractivity contribution in [3.8, 4) is 0 Å². The molecule has 2 heteroatoms. The maximum atomic E-state index is 5.76. The number of hydrogen-bond donors (Lipinski definition) is 1. The van der Waals surface area contributed by atoms with E-state index in [0.717, 1.165) is 0 Å². The maximum absolute atomic E-state index is 5.76. The van der Waals surface area contributed by atoms with Crippen LogP contribution in [0.1, 0.15) is 71.1 Å². The molecule has 0 fully saturated rings. The zero-order chi connectivity index (χ0) is 14.8. The normalized spacial score (nSPS) is 19.2. The molecule has 0 bridgehead atoms. The molecular formula is C17H29NS. The van der Waals surface area contributed by atoms with Gasteiger partial charge in [0.2, 0.25) is 0 Å². The molecule has 1 aliphatic carbocycles. The van der Waals surface area contributed by atoms with E-state index < -0.39 is 0 Å². The van der Waals surface area contributed by atoms with Crippen LogP contribution < -0.4 is 5.14 Å². The highest BCUT2D eigenvalue weighted by Gasteiger charge is 2.37. The summed E-state index contributed by atoms with van der Waals surface area (Å²) >= 11 is 1.37. The van der Waals surface area contributed by atoms with Gasteiger partial charge in [0.05, 0.1) is 0 Å². The summed E-state index contributed by atoms with van der Waals surface area (Å²) in [4.78, 5) is 1.22. The van der Waals surface area contributed by atoms with Crippen LogP contribution in [0.5, 0.6) is 0 Å². The summed E-state index contributed by atoms with van der Waals surface area (Å²) in [5.74, 6) is 0. The van der Waals surface area contributed by atoms with Gasteiger partial charge in [0.1, 0.15) is 0 Å². The minimum atomic E-state index is 0.281. The smallest absolute Gasteiger partial charge is 0.0258 e. The molecule has 0 saturated carbocycles. The Morgan fingerprint density at radius 1 is 0.947 bits per heavy atom. The Bertz CT molecular complexity index is 447. The topological polar surface area (TPSA) is 26.0 Å². The fourth-order valence-electron chi connectivity index (χ4n) is 2.83. The monoisotopic (exact) mass is 279 g/mol. The van der Waals surface area contributed by atoms with Gasteiger partial charge in [-0.05, 0) is 65.3 Å². The van der Waals surface area contributed by atoms with Gasteiger partial charge in [0.15, 0.2) is 0 Å². The van der Waals surface area contributed by atoms with Crippen LogP contribution in [0.3, 0.4) is 0 Å². The van der Waals surface area contributed by atoms with Crippen molar-refractivity contribution in [2.45, 2.75) is 77.0 Å². The highest BCUT2D eigenvalue weighted by Crippen LogP contribution is 2.47. The van der Waals surface area contributed by atoms with E-state index in [1.807, 2.05) is 13.8 Å². The van der Waals surface area contributed by atoms with Gasteiger partial charge in [-0.3, -0.25) is 5.14 Å². The van der Waals surface area contributed by atoms with Crippen LogP contribution in [0.25, 0.3) is 0 Å². The minimum absolute atomic E-state index is 0.281. The molecule has 0 atom stereocenters. The Hall–Kier alpha value is -0.470. The van der Waals surface area contributed by atoms with Crippen molar-refractivity contribution in [1.82, 2.24) is 0 Å². The largest absolute Gasteiger partial charge is 0.274 e. The number of aryl methyl sites for hydroxylation is 1. The number of benzene rings is 1. The lowest BCUT2D eigenvalue weighted by Gasteiger charge is -2.42. The highest BCUT2D eigenvalue weighted by molar-refractivity contribution is 7.97. The lowest BCUT2D eigenvalue weighted by Crippen LogP contribution is -2.34. The maximum Gasteiger partial charge on any atom is 0.0258 e. The van der Waals surface area contributed by atoms with Gasteiger partial charge >= 0.3 is 0 Å². The summed E-state index contributed by atoms with van der Waals surface area (Å²) in [5.41, 5.74) is 4.90. The molecule has 1 nitrogen and oxygen atoms in total. The standard InChI is InChI=1S/C15H23NS.C2H6/c1-10-8-11-12(9-13(10)17-16)15(4,5)7-6-14(11,2)3;1-2/h8-9H,6-7,16H2,1-5H3;1-2H3. The third kappa shape index (κ3) is 3.17. The molecule has 0 amide bonds. The summed E-state index contributed by atoms with van der Waals surface area (Å²) in [7, 11) is 0. The van der Waals surface area contributed by atoms with Crippen LogP contribution in [-0.4, -0.2) is 0 Å². The third-order valence-electron chi connectivity index (χ3n) is 4.28. The van der Waals surface area contributed by atoms with Gasteiger partial charge in [-0.2, -0.15) is 0 Å². The Kier molecular flexibility index (Phi) is 5.14. The van der Waals surface area contributed by atoms with E-state index in [1.165, 1.54) is 46.4 Å². The number of hydrogen-bond acceptors (Lipinski definition) is 2. The second kappa shape index (κ2) is 5.88. The molecule has 1 aliphatic rings. The molecule has 0 aromatic heterocycles. The molecule has 0 aliphatic heterocycles. The summed E-state index contributed by atoms with van der Waals surface area (Å²) in [6.07, 6.45) is 2.52. The molecule has 1 aromatic rings. The number of rotatable bonds is 1. The van der Waals surface area contributed by atoms with E-state index in [0.29, 0.717) is 5.41 Å². The molecule has 0 radical (unpaired) electrons. The van der Waals surface area contributed by atoms with Gasteiger partial charge in [-0.25, -0.2) is 0 Å². The zero-order valence-corrected chi connectivity index (χ0v) is 14.4. The van der Waals surface area contributed by atoms with Gasteiger partial charge in [-0.1, -0.05) is 47.6 Å². The molecule has 108 valence electrons. The van der Waals surface area contributed by atoms with Crippen LogP contribution in [0.2, 0.25) is 0 Å². The first-order valence-electron chi connectivity index (χ1n) is 7.30. The molecule has 0 unspecified atom stereocenters. The van der Waals surface area contributed by atoms with E-state index in [9.17, 15) is 0 Å². The van der Waals surface area contributed by atoms with Crippen molar-refractivity contribution in [3.05, 3.63) is 28.8 Å². The van der Waals surface area contributed by atoms with E-state index in [-0.39, 0.29) is 5.41 Å². The Morgan fingerprint density at radius 3 is 1.79 bits per heavy atom. The highest BCUT2D eigenvalue weighted by atomic mass is 32.2. The van der Waals surface area contributed by atoms with Crippen molar-refractivity contribution in [1.29, 1.82) is 0 Å². The first-order valence-corrected chi connectivity index (χ1v) is 8.18. The molecule has 2 rings (SSSR count). The average Bonchev–Trinajstić information content (AvgIpc) is 2.37. The number of nitrogens with two attached hydrogens (primary N) is 1. The first kappa shape index (κ1) is 16.6. The molecule has 0 spiro atoms. The summed E-state index contributed by atoms with van der Waals surface area (Å²) in [6.45, 7) is 15.6. The van der Waals surface area contributed by atoms with Crippen molar-refractivity contribution in [2.24, 2.45) is 5.14 Å². The molecule has 0 saturated heterocycles. The molecule has 2 N–H and O–H groups in total. The van der Waals surface area contributed by atoms with Crippen molar-refractivity contribution >= 4 is 11.9 Å². The van der Waals surface area contributed by atoms with E-state index in [1.54, 1.807) is 0 Å². The predicted octanol–water partition coefficient (Wildman–Crippen LogP) is 5.34. The fourth-order valence-corrected chi connectivity index (χ4v) is 3.26. The van der Waals surface area contributed by atoms with Crippen molar-refractivity contribution in [2.75, 3.05) is 0 Å². The second-order valence-electron chi connectivity index (χ2n) is 6.55. The van der Waals surface area contributed by atoms with Crippen LogP contribution in [0.4, 0.5) is 0 Å². The lowest BCUT2D eigenvalue weighted by atomic mass is 9.63. The van der Waals surface area contributed by atoms with E-state index >= 15 is 0 Å². The van der Waals surface area contributed by atoms with Crippen LogP contribution in [0, 0.1) is 6.92 Å². The van der Waals surface area contributed by atoms with E-state index in [4.69, 9.17) is 5.14 Å². The van der Waals surface area contributed by atoms with Crippen LogP contribution >= 0.6 is 11.9 Å². The second-order valence-corrected chi connectivity index (χ2v) is 7.22.